The summed E-state index contributed by atoms with van der Waals surface area (Å²) >= 11 is 1.49. The second kappa shape index (κ2) is 6.93. The van der Waals surface area contributed by atoms with E-state index in [0.29, 0.717) is 6.54 Å². The summed E-state index contributed by atoms with van der Waals surface area (Å²) in [4.78, 5) is 18.2. The van der Waals surface area contributed by atoms with Crippen LogP contribution < -0.4 is 10.6 Å². The predicted molar refractivity (Wildman–Crippen MR) is 74.9 cm³/mol. The molecule has 1 amide bonds. The molecule has 0 saturated carbocycles. The quantitative estimate of drug-likeness (QED) is 0.918. The van der Waals surface area contributed by atoms with Crippen LogP contribution in [0.2, 0.25) is 0 Å². The standard InChI is InChI=1S/C11H19N3OS.ClH/c1-5-14(10(15)8(3)9(4)12)11-13-7(2)6-16-11;/h6,8-9H,5,12H2,1-4H3;1H. The zero-order chi connectivity index (χ0) is 12.3. The van der Waals surface area contributed by atoms with Crippen LogP contribution in [0.5, 0.6) is 0 Å². The number of hydrogen-bond donors (Lipinski definition) is 1. The van der Waals surface area contributed by atoms with E-state index in [1.54, 1.807) is 4.90 Å². The molecule has 17 heavy (non-hydrogen) atoms. The number of anilines is 1. The minimum Gasteiger partial charge on any atom is -0.327 e. The number of aryl methyl sites for hydroxylation is 1. The highest BCUT2D eigenvalue weighted by Gasteiger charge is 2.24. The van der Waals surface area contributed by atoms with Gasteiger partial charge in [0.25, 0.3) is 0 Å². The minimum absolute atomic E-state index is 0. The molecule has 0 spiro atoms. The minimum atomic E-state index is -0.177. The van der Waals surface area contributed by atoms with Crippen molar-refractivity contribution in [3.8, 4) is 0 Å². The fraction of sp³-hybridized carbons (Fsp3) is 0.636. The number of nitrogens with two attached hydrogens (primary N) is 1. The Morgan fingerprint density at radius 1 is 1.59 bits per heavy atom. The van der Waals surface area contributed by atoms with Crippen LogP contribution in [0.25, 0.3) is 0 Å². The fourth-order valence-electron chi connectivity index (χ4n) is 1.32. The lowest BCUT2D eigenvalue weighted by atomic mass is 10.0. The van der Waals surface area contributed by atoms with E-state index in [2.05, 4.69) is 4.98 Å². The second-order valence-electron chi connectivity index (χ2n) is 4.00. The van der Waals surface area contributed by atoms with Crippen LogP contribution in [0.1, 0.15) is 26.5 Å². The monoisotopic (exact) mass is 277 g/mol. The number of carbonyl (C=O) groups is 1. The Labute approximate surface area is 113 Å². The van der Waals surface area contributed by atoms with Gasteiger partial charge in [0.05, 0.1) is 11.6 Å². The van der Waals surface area contributed by atoms with Crippen LogP contribution in [0, 0.1) is 12.8 Å². The average Bonchev–Trinajstić information content (AvgIpc) is 2.64. The number of rotatable bonds is 4. The first-order chi connectivity index (χ1) is 7.47. The summed E-state index contributed by atoms with van der Waals surface area (Å²) in [5.41, 5.74) is 6.69. The molecule has 0 saturated heterocycles. The van der Waals surface area contributed by atoms with E-state index in [0.717, 1.165) is 10.8 Å². The Kier molecular flexibility index (Phi) is 6.67. The number of nitrogens with zero attached hydrogens (tertiary/aromatic N) is 2. The Morgan fingerprint density at radius 3 is 2.53 bits per heavy atom. The highest BCUT2D eigenvalue weighted by atomic mass is 35.5. The summed E-state index contributed by atoms with van der Waals surface area (Å²) in [5, 5.41) is 2.71. The van der Waals surface area contributed by atoms with Gasteiger partial charge >= 0.3 is 0 Å². The summed E-state index contributed by atoms with van der Waals surface area (Å²) in [5.74, 6) is -0.129. The smallest absolute Gasteiger partial charge is 0.233 e. The van der Waals surface area contributed by atoms with Crippen LogP contribution in [0.4, 0.5) is 5.13 Å². The lowest BCUT2D eigenvalue weighted by Crippen LogP contribution is -2.41. The van der Waals surface area contributed by atoms with Crippen LogP contribution in [0.15, 0.2) is 5.38 Å². The van der Waals surface area contributed by atoms with Crippen molar-refractivity contribution in [1.29, 1.82) is 0 Å². The number of carbonyl (C=O) groups excluding carboxylic acids is 1. The third-order valence-corrected chi connectivity index (χ3v) is 3.58. The molecular formula is C11H20ClN3OS. The maximum absolute atomic E-state index is 12.1. The van der Waals surface area contributed by atoms with Crippen molar-refractivity contribution in [2.45, 2.75) is 33.7 Å². The normalized spacial score (nSPS) is 13.7. The zero-order valence-corrected chi connectivity index (χ0v) is 12.3. The molecule has 1 aromatic heterocycles. The molecule has 6 heteroatoms. The third kappa shape index (κ3) is 3.94. The molecule has 0 aromatic carbocycles. The summed E-state index contributed by atoms with van der Waals surface area (Å²) in [7, 11) is 0. The largest absolute Gasteiger partial charge is 0.327 e. The lowest BCUT2D eigenvalue weighted by Gasteiger charge is -2.23. The van der Waals surface area contributed by atoms with Crippen molar-refractivity contribution in [2.24, 2.45) is 11.7 Å². The molecule has 0 aliphatic carbocycles. The van der Waals surface area contributed by atoms with Gasteiger partial charge in [0.2, 0.25) is 5.91 Å². The topological polar surface area (TPSA) is 59.2 Å². The number of amides is 1. The summed E-state index contributed by atoms with van der Waals surface area (Å²) in [6.45, 7) is 8.21. The van der Waals surface area contributed by atoms with Crippen molar-refractivity contribution >= 4 is 34.8 Å². The van der Waals surface area contributed by atoms with E-state index in [1.807, 2.05) is 33.1 Å². The van der Waals surface area contributed by atoms with E-state index >= 15 is 0 Å². The lowest BCUT2D eigenvalue weighted by molar-refractivity contribution is -0.122. The number of thiazole rings is 1. The maximum Gasteiger partial charge on any atom is 0.233 e. The molecule has 2 N–H and O–H groups in total. The van der Waals surface area contributed by atoms with E-state index < -0.39 is 0 Å². The SMILES string of the molecule is CCN(C(=O)C(C)C(C)N)c1nc(C)cs1.Cl. The molecule has 0 bridgehead atoms. The first-order valence-corrected chi connectivity index (χ1v) is 6.34. The first-order valence-electron chi connectivity index (χ1n) is 5.46. The number of hydrogen-bond acceptors (Lipinski definition) is 4. The van der Waals surface area contributed by atoms with Crippen LogP contribution in [-0.4, -0.2) is 23.5 Å². The second-order valence-corrected chi connectivity index (χ2v) is 4.84. The van der Waals surface area contributed by atoms with E-state index in [9.17, 15) is 4.79 Å². The number of halogens is 1. The third-order valence-electron chi connectivity index (χ3n) is 2.60. The van der Waals surface area contributed by atoms with Gasteiger partial charge in [0.15, 0.2) is 5.13 Å². The van der Waals surface area contributed by atoms with Crippen LogP contribution in [-0.2, 0) is 4.79 Å². The van der Waals surface area contributed by atoms with E-state index in [-0.39, 0.29) is 30.3 Å². The maximum atomic E-state index is 12.1. The van der Waals surface area contributed by atoms with Crippen LogP contribution in [0.3, 0.4) is 0 Å². The molecule has 2 atom stereocenters. The van der Waals surface area contributed by atoms with Crippen LogP contribution >= 0.6 is 23.7 Å². The highest BCUT2D eigenvalue weighted by molar-refractivity contribution is 7.14. The molecule has 0 aliphatic heterocycles. The Hall–Kier alpha value is -0.650. The Balaban J connectivity index is 0.00000256. The average molecular weight is 278 g/mol. The summed E-state index contributed by atoms with van der Waals surface area (Å²) in [6, 6.07) is -0.136. The summed E-state index contributed by atoms with van der Waals surface area (Å²) in [6.07, 6.45) is 0. The molecule has 1 heterocycles. The molecule has 2 unspecified atom stereocenters. The molecule has 0 radical (unpaired) electrons. The van der Waals surface area contributed by atoms with Gasteiger partial charge in [-0.05, 0) is 20.8 Å². The Morgan fingerprint density at radius 2 is 2.18 bits per heavy atom. The van der Waals surface area contributed by atoms with Gasteiger partial charge in [-0.25, -0.2) is 4.98 Å². The molecule has 98 valence electrons. The summed E-state index contributed by atoms with van der Waals surface area (Å²) < 4.78 is 0. The number of aromatic nitrogens is 1. The van der Waals surface area contributed by atoms with Crippen molar-refractivity contribution in [1.82, 2.24) is 4.98 Å². The van der Waals surface area contributed by atoms with Crippen molar-refractivity contribution in [3.63, 3.8) is 0 Å². The van der Waals surface area contributed by atoms with E-state index in [1.165, 1.54) is 11.3 Å². The van der Waals surface area contributed by atoms with Gasteiger partial charge < -0.3 is 5.73 Å². The van der Waals surface area contributed by atoms with Gasteiger partial charge in [-0.1, -0.05) is 6.92 Å². The van der Waals surface area contributed by atoms with Gasteiger partial charge in [0.1, 0.15) is 0 Å². The fourth-order valence-corrected chi connectivity index (χ4v) is 2.19. The Bertz CT molecular complexity index is 367. The molecule has 0 aliphatic rings. The molecule has 1 aromatic rings. The van der Waals surface area contributed by atoms with Gasteiger partial charge in [0, 0.05) is 18.0 Å². The highest BCUT2D eigenvalue weighted by Crippen LogP contribution is 2.22. The van der Waals surface area contributed by atoms with Gasteiger partial charge in [-0.15, -0.1) is 23.7 Å². The van der Waals surface area contributed by atoms with Crippen molar-refractivity contribution in [3.05, 3.63) is 11.1 Å². The van der Waals surface area contributed by atoms with E-state index in [4.69, 9.17) is 5.73 Å². The predicted octanol–water partition coefficient (Wildman–Crippen LogP) is 2.21. The molecule has 0 fully saturated rings. The van der Waals surface area contributed by atoms with Gasteiger partial charge in [-0.2, -0.15) is 0 Å². The molecule has 1 rings (SSSR count). The first kappa shape index (κ1) is 16.4. The zero-order valence-electron chi connectivity index (χ0n) is 10.6. The molecular weight excluding hydrogens is 258 g/mol. The van der Waals surface area contributed by atoms with Crippen molar-refractivity contribution < 1.29 is 4.79 Å². The van der Waals surface area contributed by atoms with Crippen molar-refractivity contribution in [2.75, 3.05) is 11.4 Å². The van der Waals surface area contributed by atoms with Gasteiger partial charge in [-0.3, -0.25) is 9.69 Å². The molecule has 4 nitrogen and oxygen atoms in total.